The van der Waals surface area contributed by atoms with Gasteiger partial charge in [0, 0.05) is 30.9 Å². The van der Waals surface area contributed by atoms with E-state index in [4.69, 9.17) is 4.74 Å². The lowest BCUT2D eigenvalue weighted by molar-refractivity contribution is 0.0730. The molecule has 6 nitrogen and oxygen atoms in total. The molecule has 28 heavy (non-hydrogen) atoms. The quantitative estimate of drug-likeness (QED) is 0.794. The molecule has 0 radical (unpaired) electrons. The van der Waals surface area contributed by atoms with Crippen molar-refractivity contribution in [3.63, 3.8) is 0 Å². The molecule has 2 aliphatic heterocycles. The third-order valence-corrected chi connectivity index (χ3v) is 7.22. The molecule has 1 saturated heterocycles. The second-order valence-corrected chi connectivity index (χ2v) is 9.17. The van der Waals surface area contributed by atoms with Crippen LogP contribution in [0.1, 0.15) is 27.9 Å². The predicted molar refractivity (Wildman–Crippen MR) is 107 cm³/mol. The molecular formula is C21H24N2O4S. The Bertz CT molecular complexity index is 980. The molecule has 1 fully saturated rings. The maximum Gasteiger partial charge on any atom is 0.258 e. The third-order valence-electron chi connectivity index (χ3n) is 5.31. The van der Waals surface area contributed by atoms with E-state index in [0.29, 0.717) is 38.4 Å². The smallest absolute Gasteiger partial charge is 0.258 e. The van der Waals surface area contributed by atoms with Crippen molar-refractivity contribution in [3.05, 3.63) is 59.2 Å². The van der Waals surface area contributed by atoms with Gasteiger partial charge < -0.3 is 9.64 Å². The maximum absolute atomic E-state index is 13.1. The number of carbonyl (C=O) groups is 1. The van der Waals surface area contributed by atoms with Gasteiger partial charge in [0.2, 0.25) is 10.0 Å². The van der Waals surface area contributed by atoms with Gasteiger partial charge in [0.15, 0.2) is 0 Å². The summed E-state index contributed by atoms with van der Waals surface area (Å²) in [6, 6.07) is 12.4. The zero-order chi connectivity index (χ0) is 19.7. The number of rotatable bonds is 3. The van der Waals surface area contributed by atoms with Crippen molar-refractivity contribution < 1.29 is 17.9 Å². The maximum atomic E-state index is 13.1. The van der Waals surface area contributed by atoms with Crippen molar-refractivity contribution in [2.45, 2.75) is 24.7 Å². The van der Waals surface area contributed by atoms with Gasteiger partial charge in [-0.3, -0.25) is 4.79 Å². The first-order valence-corrected chi connectivity index (χ1v) is 11.0. The summed E-state index contributed by atoms with van der Waals surface area (Å²) in [6.07, 6.45) is 1.89. The van der Waals surface area contributed by atoms with E-state index in [-0.39, 0.29) is 10.8 Å². The minimum Gasteiger partial charge on any atom is -0.379 e. The summed E-state index contributed by atoms with van der Waals surface area (Å²) < 4.78 is 32.1. The van der Waals surface area contributed by atoms with Crippen molar-refractivity contribution in [1.29, 1.82) is 0 Å². The Labute approximate surface area is 165 Å². The number of hydrogen-bond acceptors (Lipinski definition) is 4. The first-order chi connectivity index (χ1) is 13.5. The standard InChI is InChI=1S/C21H24N2O4S/c1-16-4-9-20-18(15-16)3-2-10-23(20)21(24)17-5-7-19(8-6-17)28(25,26)22-11-13-27-14-12-22/h4-9,15H,2-3,10-14H2,1H3. The highest BCUT2D eigenvalue weighted by molar-refractivity contribution is 7.89. The average Bonchev–Trinajstić information content (AvgIpc) is 2.73. The van der Waals surface area contributed by atoms with E-state index in [0.717, 1.165) is 18.5 Å². The minimum absolute atomic E-state index is 0.0971. The molecule has 2 heterocycles. The molecule has 0 aromatic heterocycles. The second kappa shape index (κ2) is 7.66. The van der Waals surface area contributed by atoms with Crippen LogP contribution in [0, 0.1) is 6.92 Å². The van der Waals surface area contributed by atoms with Crippen LogP contribution in [0.15, 0.2) is 47.4 Å². The molecule has 7 heteroatoms. The average molecular weight is 401 g/mol. The molecule has 0 saturated carbocycles. The zero-order valence-electron chi connectivity index (χ0n) is 15.9. The number of aryl methyl sites for hydroxylation is 2. The minimum atomic E-state index is -3.55. The van der Waals surface area contributed by atoms with Crippen LogP contribution < -0.4 is 4.90 Å². The molecular weight excluding hydrogens is 376 g/mol. The van der Waals surface area contributed by atoms with Crippen LogP contribution >= 0.6 is 0 Å². The fraction of sp³-hybridized carbons (Fsp3) is 0.381. The Morgan fingerprint density at radius 2 is 1.71 bits per heavy atom. The molecule has 0 aliphatic carbocycles. The van der Waals surface area contributed by atoms with Gasteiger partial charge in [0.25, 0.3) is 5.91 Å². The van der Waals surface area contributed by atoms with Crippen molar-refractivity contribution in [1.82, 2.24) is 4.31 Å². The molecule has 148 valence electrons. The van der Waals surface area contributed by atoms with Gasteiger partial charge in [-0.05, 0) is 55.7 Å². The van der Waals surface area contributed by atoms with Gasteiger partial charge in [-0.2, -0.15) is 4.31 Å². The van der Waals surface area contributed by atoms with Crippen LogP contribution in [0.2, 0.25) is 0 Å². The lowest BCUT2D eigenvalue weighted by Gasteiger charge is -2.30. The molecule has 0 unspecified atom stereocenters. The summed E-state index contributed by atoms with van der Waals surface area (Å²) in [5.41, 5.74) is 3.82. The number of anilines is 1. The molecule has 1 amide bonds. The van der Waals surface area contributed by atoms with Crippen molar-refractivity contribution in [2.24, 2.45) is 0 Å². The largest absolute Gasteiger partial charge is 0.379 e. The third kappa shape index (κ3) is 3.57. The van der Waals surface area contributed by atoms with Crippen molar-refractivity contribution in [2.75, 3.05) is 37.7 Å². The first kappa shape index (κ1) is 19.1. The van der Waals surface area contributed by atoms with Gasteiger partial charge in [-0.25, -0.2) is 8.42 Å². The number of ether oxygens (including phenoxy) is 1. The molecule has 2 aromatic carbocycles. The van der Waals surface area contributed by atoms with Crippen LogP contribution in [0.4, 0.5) is 5.69 Å². The summed E-state index contributed by atoms with van der Waals surface area (Å²) in [5, 5.41) is 0. The van der Waals surface area contributed by atoms with Gasteiger partial charge >= 0.3 is 0 Å². The lowest BCUT2D eigenvalue weighted by Crippen LogP contribution is -2.40. The summed E-state index contributed by atoms with van der Waals surface area (Å²) in [5.74, 6) is -0.0971. The van der Waals surface area contributed by atoms with E-state index in [1.165, 1.54) is 27.6 Å². The van der Waals surface area contributed by atoms with Crippen LogP contribution in [0.5, 0.6) is 0 Å². The monoisotopic (exact) mass is 400 g/mol. The Hall–Kier alpha value is -2.22. The number of amides is 1. The Morgan fingerprint density at radius 1 is 1.00 bits per heavy atom. The molecule has 0 N–H and O–H groups in total. The summed E-state index contributed by atoms with van der Waals surface area (Å²) >= 11 is 0. The van der Waals surface area contributed by atoms with Crippen LogP contribution in [-0.4, -0.2) is 51.5 Å². The normalized spacial score (nSPS) is 18.0. The predicted octanol–water partition coefficient (Wildman–Crippen LogP) is 2.61. The van der Waals surface area contributed by atoms with Gasteiger partial charge in [0.1, 0.15) is 0 Å². The van der Waals surface area contributed by atoms with Crippen LogP contribution in [-0.2, 0) is 21.2 Å². The topological polar surface area (TPSA) is 66.9 Å². The SMILES string of the molecule is Cc1ccc2c(c1)CCCN2C(=O)c1ccc(S(=O)(=O)N2CCOCC2)cc1. The second-order valence-electron chi connectivity index (χ2n) is 7.23. The zero-order valence-corrected chi connectivity index (χ0v) is 16.7. The summed E-state index contributed by atoms with van der Waals surface area (Å²) in [7, 11) is -3.55. The van der Waals surface area contributed by atoms with E-state index in [2.05, 4.69) is 13.0 Å². The fourth-order valence-electron chi connectivity index (χ4n) is 3.80. The van der Waals surface area contributed by atoms with Crippen LogP contribution in [0.3, 0.4) is 0 Å². The van der Waals surface area contributed by atoms with E-state index in [1.807, 2.05) is 12.1 Å². The highest BCUT2D eigenvalue weighted by atomic mass is 32.2. The lowest BCUT2D eigenvalue weighted by atomic mass is 9.99. The number of fused-ring (bicyclic) bond motifs is 1. The number of morpholine rings is 1. The van der Waals surface area contributed by atoms with Gasteiger partial charge in [-0.1, -0.05) is 17.7 Å². The molecule has 2 aromatic rings. The van der Waals surface area contributed by atoms with E-state index < -0.39 is 10.0 Å². The molecule has 0 spiro atoms. The summed E-state index contributed by atoms with van der Waals surface area (Å²) in [6.45, 7) is 4.24. The Balaban J connectivity index is 1.57. The summed E-state index contributed by atoms with van der Waals surface area (Å²) in [4.78, 5) is 15.1. The number of benzene rings is 2. The Morgan fingerprint density at radius 3 is 2.43 bits per heavy atom. The van der Waals surface area contributed by atoms with Gasteiger partial charge in [0.05, 0.1) is 18.1 Å². The molecule has 4 rings (SSSR count). The number of nitrogens with zero attached hydrogens (tertiary/aromatic N) is 2. The molecule has 2 aliphatic rings. The molecule has 0 atom stereocenters. The molecule has 0 bridgehead atoms. The van der Waals surface area contributed by atoms with Crippen molar-refractivity contribution >= 4 is 21.6 Å². The Kier molecular flexibility index (Phi) is 5.23. The number of carbonyl (C=O) groups excluding carboxylic acids is 1. The first-order valence-electron chi connectivity index (χ1n) is 9.56. The number of hydrogen-bond donors (Lipinski definition) is 0. The van der Waals surface area contributed by atoms with E-state index >= 15 is 0 Å². The van der Waals surface area contributed by atoms with E-state index in [9.17, 15) is 13.2 Å². The fourth-order valence-corrected chi connectivity index (χ4v) is 5.21. The van der Waals surface area contributed by atoms with Gasteiger partial charge in [-0.15, -0.1) is 0 Å². The van der Waals surface area contributed by atoms with Crippen LogP contribution in [0.25, 0.3) is 0 Å². The number of sulfonamides is 1. The highest BCUT2D eigenvalue weighted by Gasteiger charge is 2.27. The highest BCUT2D eigenvalue weighted by Crippen LogP contribution is 2.29. The van der Waals surface area contributed by atoms with E-state index in [1.54, 1.807) is 17.0 Å². The van der Waals surface area contributed by atoms with Crippen molar-refractivity contribution in [3.8, 4) is 0 Å².